The zero-order chi connectivity index (χ0) is 14.6. The van der Waals surface area contributed by atoms with Gasteiger partial charge >= 0.3 is 6.18 Å². The molecule has 2 N–H and O–H groups in total. The first kappa shape index (κ1) is 14.9. The third-order valence-corrected chi connectivity index (χ3v) is 3.08. The van der Waals surface area contributed by atoms with Crippen molar-refractivity contribution in [3.63, 3.8) is 0 Å². The molecule has 2 rings (SSSR count). The van der Waals surface area contributed by atoms with Crippen molar-refractivity contribution in [2.24, 2.45) is 0 Å². The van der Waals surface area contributed by atoms with E-state index in [4.69, 9.17) is 4.74 Å². The average molecular weight is 289 g/mol. The van der Waals surface area contributed by atoms with Crippen LogP contribution >= 0.6 is 0 Å². The molecule has 0 spiro atoms. The van der Waals surface area contributed by atoms with Crippen LogP contribution in [0.5, 0.6) is 0 Å². The predicted molar refractivity (Wildman–Crippen MR) is 70.9 cm³/mol. The number of hydrogen-bond acceptors (Lipinski definition) is 4. The Kier molecular flexibility index (Phi) is 4.69. The number of anilines is 2. The topological polar surface area (TPSA) is 46.2 Å². The molecule has 1 aliphatic heterocycles. The number of ether oxygens (including phenoxy) is 1. The van der Waals surface area contributed by atoms with Gasteiger partial charge in [-0.1, -0.05) is 0 Å². The third-order valence-electron chi connectivity index (χ3n) is 3.08. The zero-order valence-corrected chi connectivity index (χ0v) is 11.3. The van der Waals surface area contributed by atoms with Crippen molar-refractivity contribution in [2.45, 2.75) is 32.0 Å². The maximum absolute atomic E-state index is 12.9. The Morgan fingerprint density at radius 1 is 1.25 bits per heavy atom. The Bertz CT molecular complexity index is 445. The van der Waals surface area contributed by atoms with E-state index in [0.717, 1.165) is 25.0 Å². The van der Waals surface area contributed by atoms with Gasteiger partial charge in [0.25, 0.3) is 0 Å². The van der Waals surface area contributed by atoms with Crippen LogP contribution in [0.25, 0.3) is 0 Å². The number of halogens is 3. The summed E-state index contributed by atoms with van der Waals surface area (Å²) >= 11 is 0. The van der Waals surface area contributed by atoms with Gasteiger partial charge in [-0.3, -0.25) is 0 Å². The smallest absolute Gasteiger partial charge is 0.381 e. The van der Waals surface area contributed by atoms with Crippen molar-refractivity contribution in [3.05, 3.63) is 17.7 Å². The molecule has 2 heterocycles. The lowest BCUT2D eigenvalue weighted by atomic mass is 10.1. The lowest BCUT2D eigenvalue weighted by Crippen LogP contribution is -2.28. The van der Waals surface area contributed by atoms with Crippen LogP contribution in [0.15, 0.2) is 12.1 Å². The predicted octanol–water partition coefficient (Wildman–Crippen LogP) is 3.12. The summed E-state index contributed by atoms with van der Waals surface area (Å²) in [7, 11) is 0. The molecule has 1 aromatic heterocycles. The highest BCUT2D eigenvalue weighted by molar-refractivity contribution is 5.50. The minimum atomic E-state index is -4.38. The molecule has 0 radical (unpaired) electrons. The number of alkyl halides is 3. The number of nitrogens with one attached hydrogen (secondary N) is 2. The normalized spacial score (nSPS) is 17.0. The van der Waals surface area contributed by atoms with Gasteiger partial charge in [-0.05, 0) is 31.9 Å². The first-order valence-electron chi connectivity index (χ1n) is 6.66. The van der Waals surface area contributed by atoms with E-state index < -0.39 is 11.7 Å². The largest absolute Gasteiger partial charge is 0.416 e. The first-order valence-corrected chi connectivity index (χ1v) is 6.66. The van der Waals surface area contributed by atoms with Crippen LogP contribution in [0.2, 0.25) is 0 Å². The van der Waals surface area contributed by atoms with Crippen LogP contribution in [0, 0.1) is 0 Å². The SMILES string of the molecule is CCNc1cc(C(F)(F)F)cc(NC2CCOCC2)n1. The van der Waals surface area contributed by atoms with Crippen molar-refractivity contribution >= 4 is 11.6 Å². The summed E-state index contributed by atoms with van der Waals surface area (Å²) in [4.78, 5) is 4.17. The number of nitrogens with zero attached hydrogens (tertiary/aromatic N) is 1. The lowest BCUT2D eigenvalue weighted by molar-refractivity contribution is -0.137. The summed E-state index contributed by atoms with van der Waals surface area (Å²) in [6.07, 6.45) is -2.83. The zero-order valence-electron chi connectivity index (χ0n) is 11.3. The van der Waals surface area contributed by atoms with Crippen LogP contribution in [0.1, 0.15) is 25.3 Å². The molecule has 1 saturated heterocycles. The molecule has 0 saturated carbocycles. The summed E-state index contributed by atoms with van der Waals surface area (Å²) in [5, 5.41) is 5.88. The molecular formula is C13H18F3N3O. The van der Waals surface area contributed by atoms with E-state index >= 15 is 0 Å². The standard InChI is InChI=1S/C13H18F3N3O/c1-2-17-11-7-9(13(14,15)16)8-12(19-11)18-10-3-5-20-6-4-10/h7-8,10H,2-6H2,1H3,(H2,17,18,19). The monoisotopic (exact) mass is 289 g/mol. The van der Waals surface area contributed by atoms with E-state index in [9.17, 15) is 13.2 Å². The van der Waals surface area contributed by atoms with Crippen molar-refractivity contribution in [3.8, 4) is 0 Å². The molecule has 0 unspecified atom stereocenters. The van der Waals surface area contributed by atoms with Crippen molar-refractivity contribution < 1.29 is 17.9 Å². The highest BCUT2D eigenvalue weighted by atomic mass is 19.4. The fraction of sp³-hybridized carbons (Fsp3) is 0.615. The number of pyridine rings is 1. The Morgan fingerprint density at radius 3 is 2.50 bits per heavy atom. The quantitative estimate of drug-likeness (QED) is 0.894. The molecule has 0 amide bonds. The molecule has 7 heteroatoms. The molecule has 1 aromatic rings. The highest BCUT2D eigenvalue weighted by Gasteiger charge is 2.32. The fourth-order valence-electron chi connectivity index (χ4n) is 2.09. The van der Waals surface area contributed by atoms with Gasteiger partial charge in [0.05, 0.1) is 5.56 Å². The van der Waals surface area contributed by atoms with Crippen LogP contribution in [-0.2, 0) is 10.9 Å². The summed E-state index contributed by atoms with van der Waals surface area (Å²) in [6.45, 7) is 3.58. The second-order valence-corrected chi connectivity index (χ2v) is 4.69. The summed E-state index contributed by atoms with van der Waals surface area (Å²) < 4.78 is 43.8. The van der Waals surface area contributed by atoms with E-state index in [1.807, 2.05) is 6.92 Å². The van der Waals surface area contributed by atoms with Gasteiger partial charge in [0.1, 0.15) is 11.6 Å². The van der Waals surface area contributed by atoms with E-state index in [1.165, 1.54) is 0 Å². The van der Waals surface area contributed by atoms with Crippen LogP contribution in [0.4, 0.5) is 24.8 Å². The highest BCUT2D eigenvalue weighted by Crippen LogP contribution is 2.32. The molecular weight excluding hydrogens is 271 g/mol. The van der Waals surface area contributed by atoms with Crippen LogP contribution < -0.4 is 10.6 Å². The molecule has 0 atom stereocenters. The van der Waals surface area contributed by atoms with Gasteiger partial charge in [-0.2, -0.15) is 13.2 Å². The number of aromatic nitrogens is 1. The van der Waals surface area contributed by atoms with Crippen molar-refractivity contribution in [1.29, 1.82) is 0 Å². The number of hydrogen-bond donors (Lipinski definition) is 2. The van der Waals surface area contributed by atoms with Crippen molar-refractivity contribution in [1.82, 2.24) is 4.98 Å². The van der Waals surface area contributed by atoms with E-state index in [1.54, 1.807) is 0 Å². The molecule has 0 bridgehead atoms. The van der Waals surface area contributed by atoms with Crippen LogP contribution in [-0.4, -0.2) is 30.8 Å². The molecule has 4 nitrogen and oxygen atoms in total. The van der Waals surface area contributed by atoms with Crippen LogP contribution in [0.3, 0.4) is 0 Å². The van der Waals surface area contributed by atoms with Gasteiger partial charge in [0, 0.05) is 25.8 Å². The molecule has 1 fully saturated rings. The Balaban J connectivity index is 2.19. The first-order chi connectivity index (χ1) is 9.49. The minimum absolute atomic E-state index is 0.106. The molecule has 0 aromatic carbocycles. The lowest BCUT2D eigenvalue weighted by Gasteiger charge is -2.24. The van der Waals surface area contributed by atoms with Gasteiger partial charge in [-0.15, -0.1) is 0 Å². The van der Waals surface area contributed by atoms with Crippen molar-refractivity contribution in [2.75, 3.05) is 30.4 Å². The molecule has 1 aliphatic rings. The van der Waals surface area contributed by atoms with E-state index in [2.05, 4.69) is 15.6 Å². The summed E-state index contributed by atoms with van der Waals surface area (Å²) in [5.74, 6) is 0.486. The molecule has 112 valence electrons. The van der Waals surface area contributed by atoms with Gasteiger partial charge < -0.3 is 15.4 Å². The maximum Gasteiger partial charge on any atom is 0.416 e. The average Bonchev–Trinajstić information content (AvgIpc) is 2.39. The fourth-order valence-corrected chi connectivity index (χ4v) is 2.09. The summed E-state index contributed by atoms with van der Waals surface area (Å²) in [5.41, 5.74) is -0.696. The second kappa shape index (κ2) is 6.30. The van der Waals surface area contributed by atoms with Gasteiger partial charge in [-0.25, -0.2) is 4.98 Å². The number of rotatable bonds is 4. The summed E-state index contributed by atoms with van der Waals surface area (Å²) in [6, 6.07) is 2.18. The Labute approximate surface area is 115 Å². The maximum atomic E-state index is 12.9. The second-order valence-electron chi connectivity index (χ2n) is 4.69. The molecule has 0 aliphatic carbocycles. The third kappa shape index (κ3) is 4.00. The van der Waals surface area contributed by atoms with E-state index in [0.29, 0.717) is 19.8 Å². The Hall–Kier alpha value is -1.50. The van der Waals surface area contributed by atoms with Gasteiger partial charge in [0.15, 0.2) is 0 Å². The van der Waals surface area contributed by atoms with Gasteiger partial charge in [0.2, 0.25) is 0 Å². The van der Waals surface area contributed by atoms with E-state index in [-0.39, 0.29) is 17.7 Å². The molecule has 20 heavy (non-hydrogen) atoms. The minimum Gasteiger partial charge on any atom is -0.381 e. The Morgan fingerprint density at radius 2 is 1.90 bits per heavy atom.